The Bertz CT molecular complexity index is 688. The van der Waals surface area contributed by atoms with Gasteiger partial charge < -0.3 is 15.1 Å². The lowest BCUT2D eigenvalue weighted by Crippen LogP contribution is -2.63. The Morgan fingerprint density at radius 3 is 2.75 bits per heavy atom. The zero-order chi connectivity index (χ0) is 17.6. The van der Waals surface area contributed by atoms with Crippen molar-refractivity contribution in [3.63, 3.8) is 0 Å². The van der Waals surface area contributed by atoms with Crippen molar-refractivity contribution in [2.24, 2.45) is 11.8 Å². The normalized spacial score (nSPS) is 28.6. The zero-order valence-corrected chi connectivity index (χ0v) is 14.4. The smallest absolute Gasteiger partial charge is 0.353 e. The maximum Gasteiger partial charge on any atom is 0.353 e. The summed E-state index contributed by atoms with van der Waals surface area (Å²) in [4.78, 5) is 26.0. The molecule has 3 N–H and O–H groups in total. The Labute approximate surface area is 143 Å². The summed E-state index contributed by atoms with van der Waals surface area (Å²) in [6, 6.07) is -0.273. The van der Waals surface area contributed by atoms with Crippen LogP contribution in [0.3, 0.4) is 0 Å². The van der Waals surface area contributed by atoms with Crippen LogP contribution in [0.5, 0.6) is 0 Å². The first-order valence-electron chi connectivity index (χ1n) is 7.83. The van der Waals surface area contributed by atoms with E-state index < -0.39 is 18.0 Å². The zero-order valence-electron chi connectivity index (χ0n) is 13.6. The molecule has 2 aliphatic rings. The quantitative estimate of drug-likeness (QED) is 0.642. The summed E-state index contributed by atoms with van der Waals surface area (Å²) in [5, 5.41) is 29.8. The highest BCUT2D eigenvalue weighted by Crippen LogP contribution is 2.51. The lowest BCUT2D eigenvalue weighted by atomic mass is 9.79. The lowest BCUT2D eigenvalue weighted by Gasteiger charge is -2.46. The van der Waals surface area contributed by atoms with Crippen LogP contribution in [0.15, 0.2) is 16.8 Å². The van der Waals surface area contributed by atoms with Crippen LogP contribution in [0.2, 0.25) is 0 Å². The highest BCUT2D eigenvalue weighted by Gasteiger charge is 2.60. The van der Waals surface area contributed by atoms with Crippen molar-refractivity contribution in [1.82, 2.24) is 20.3 Å². The predicted octanol–water partition coefficient (Wildman–Crippen LogP) is 0.623. The Balaban J connectivity index is 1.83. The number of nitrogens with zero attached hydrogens (tertiary/aromatic N) is 3. The second-order valence-corrected chi connectivity index (χ2v) is 7.85. The van der Waals surface area contributed by atoms with Gasteiger partial charge in [0.2, 0.25) is 5.91 Å². The van der Waals surface area contributed by atoms with E-state index >= 15 is 0 Å². The Morgan fingerprint density at radius 1 is 1.50 bits per heavy atom. The highest BCUT2D eigenvalue weighted by molar-refractivity contribution is 8.03. The monoisotopic (exact) mass is 352 g/mol. The largest absolute Gasteiger partial charge is 0.477 e. The fraction of sp³-hybridized carbons (Fsp3) is 0.600. The van der Waals surface area contributed by atoms with Crippen LogP contribution in [0.1, 0.15) is 26.5 Å². The van der Waals surface area contributed by atoms with Crippen LogP contribution < -0.4 is 0 Å². The molecular formula is C15H20N4O4S. The average Bonchev–Trinajstić information content (AvgIpc) is 3.06. The summed E-state index contributed by atoms with van der Waals surface area (Å²) in [6.07, 6.45) is 1.57. The van der Waals surface area contributed by atoms with E-state index in [-0.39, 0.29) is 28.8 Å². The first-order valence-corrected chi connectivity index (χ1v) is 8.71. The summed E-state index contributed by atoms with van der Waals surface area (Å²) in [6.45, 7) is 5.48. The number of carbonyl (C=O) groups excluding carboxylic acids is 1. The number of fused-ring (bicyclic) bond motifs is 1. The SMILES string of the molecule is CC(Cc1c[nH]nn1)SC1=C(C(=O)O)N2C(=O)[C@H]([C@@H](C)O)[C@H]2[C@H]1C. The third-order valence-corrected chi connectivity index (χ3v) is 5.99. The third-order valence-electron chi connectivity index (χ3n) is 4.60. The average molecular weight is 352 g/mol. The molecule has 1 unspecified atom stereocenters. The van der Waals surface area contributed by atoms with Crippen molar-refractivity contribution in [2.45, 2.75) is 44.6 Å². The van der Waals surface area contributed by atoms with E-state index in [1.807, 2.05) is 13.8 Å². The van der Waals surface area contributed by atoms with Gasteiger partial charge in [-0.1, -0.05) is 19.1 Å². The topological polar surface area (TPSA) is 119 Å². The number of aromatic nitrogens is 3. The number of carboxylic acid groups (broad SMARTS) is 1. The summed E-state index contributed by atoms with van der Waals surface area (Å²) in [5.41, 5.74) is 0.866. The molecule has 1 amide bonds. The molecule has 0 radical (unpaired) electrons. The van der Waals surface area contributed by atoms with Crippen molar-refractivity contribution in [2.75, 3.05) is 0 Å². The molecule has 9 heteroatoms. The minimum Gasteiger partial charge on any atom is -0.477 e. The van der Waals surface area contributed by atoms with Crippen molar-refractivity contribution < 1.29 is 19.8 Å². The second kappa shape index (κ2) is 6.21. The van der Waals surface area contributed by atoms with E-state index in [1.54, 1.807) is 13.1 Å². The maximum absolute atomic E-state index is 12.3. The molecule has 0 spiro atoms. The van der Waals surface area contributed by atoms with E-state index in [1.165, 1.54) is 16.7 Å². The molecule has 0 bridgehead atoms. The number of hydrogen-bond acceptors (Lipinski definition) is 6. The molecule has 8 nitrogen and oxygen atoms in total. The van der Waals surface area contributed by atoms with Gasteiger partial charge in [-0.05, 0) is 6.92 Å². The number of carbonyl (C=O) groups is 2. The van der Waals surface area contributed by atoms with Crippen LogP contribution in [-0.2, 0) is 16.0 Å². The molecule has 0 aromatic carbocycles. The first kappa shape index (κ1) is 17.0. The molecule has 1 saturated heterocycles. The molecular weight excluding hydrogens is 332 g/mol. The van der Waals surface area contributed by atoms with E-state index in [9.17, 15) is 19.8 Å². The van der Waals surface area contributed by atoms with Gasteiger partial charge in [0.1, 0.15) is 5.70 Å². The van der Waals surface area contributed by atoms with Crippen LogP contribution in [0.25, 0.3) is 0 Å². The number of hydrogen-bond donors (Lipinski definition) is 3. The standard InChI is InChI=1S/C15H20N4O4S/c1-6(4-9-5-16-18-17-9)24-13-7(2)11-10(8(3)20)14(21)19(11)12(13)15(22)23/h5-8,10-11,20H,4H2,1-3H3,(H,22,23)(H,16,17,18)/t6?,7-,8-,10-,11-/m1/s1. The van der Waals surface area contributed by atoms with E-state index in [0.717, 1.165) is 5.69 Å². The molecule has 0 saturated carbocycles. The van der Waals surface area contributed by atoms with Gasteiger partial charge in [-0.15, -0.1) is 16.9 Å². The lowest BCUT2D eigenvalue weighted by molar-refractivity contribution is -0.163. The molecule has 0 aliphatic carbocycles. The number of β-lactam (4-membered cyclic amide) rings is 1. The van der Waals surface area contributed by atoms with E-state index in [2.05, 4.69) is 15.4 Å². The van der Waals surface area contributed by atoms with Gasteiger partial charge in [0.25, 0.3) is 0 Å². The molecule has 24 heavy (non-hydrogen) atoms. The van der Waals surface area contributed by atoms with Gasteiger partial charge in [0.05, 0.1) is 23.8 Å². The number of H-pyrrole nitrogens is 1. The van der Waals surface area contributed by atoms with Gasteiger partial charge in [0, 0.05) is 28.7 Å². The molecule has 1 aromatic heterocycles. The molecule has 1 aromatic rings. The number of rotatable bonds is 6. The van der Waals surface area contributed by atoms with Gasteiger partial charge in [0.15, 0.2) is 0 Å². The number of amides is 1. The summed E-state index contributed by atoms with van der Waals surface area (Å²) >= 11 is 1.45. The van der Waals surface area contributed by atoms with Crippen LogP contribution >= 0.6 is 11.8 Å². The van der Waals surface area contributed by atoms with Crippen LogP contribution in [0.4, 0.5) is 0 Å². The Kier molecular flexibility index (Phi) is 4.39. The second-order valence-electron chi connectivity index (χ2n) is 6.37. The Hall–Kier alpha value is -1.87. The fourth-order valence-corrected chi connectivity index (χ4v) is 4.90. The van der Waals surface area contributed by atoms with Gasteiger partial charge in [-0.25, -0.2) is 4.79 Å². The predicted molar refractivity (Wildman–Crippen MR) is 86.8 cm³/mol. The van der Waals surface area contributed by atoms with Crippen molar-refractivity contribution in [3.05, 3.63) is 22.5 Å². The number of aromatic amines is 1. The Morgan fingerprint density at radius 2 is 2.21 bits per heavy atom. The van der Waals surface area contributed by atoms with Crippen LogP contribution in [0, 0.1) is 11.8 Å². The van der Waals surface area contributed by atoms with Crippen molar-refractivity contribution in [1.29, 1.82) is 0 Å². The number of carboxylic acids is 1. The summed E-state index contributed by atoms with van der Waals surface area (Å²) in [7, 11) is 0. The molecule has 5 atom stereocenters. The summed E-state index contributed by atoms with van der Waals surface area (Å²) < 4.78 is 0. The van der Waals surface area contributed by atoms with E-state index in [4.69, 9.17) is 0 Å². The minimum atomic E-state index is -1.10. The van der Waals surface area contributed by atoms with Crippen molar-refractivity contribution in [3.8, 4) is 0 Å². The molecule has 2 aliphatic heterocycles. The molecule has 1 fully saturated rings. The fourth-order valence-electron chi connectivity index (χ4n) is 3.56. The minimum absolute atomic E-state index is 0.0615. The van der Waals surface area contributed by atoms with Gasteiger partial charge in [-0.2, -0.15) is 0 Å². The number of aliphatic hydroxyl groups is 1. The number of aliphatic carboxylic acids is 1. The third kappa shape index (κ3) is 2.61. The van der Waals surface area contributed by atoms with Gasteiger partial charge in [-0.3, -0.25) is 9.89 Å². The maximum atomic E-state index is 12.3. The molecule has 130 valence electrons. The summed E-state index contributed by atoms with van der Waals surface area (Å²) in [5.74, 6) is -2.05. The highest BCUT2D eigenvalue weighted by atomic mass is 32.2. The number of nitrogens with one attached hydrogen (secondary N) is 1. The first-order chi connectivity index (χ1) is 11.3. The van der Waals surface area contributed by atoms with Crippen LogP contribution in [-0.4, -0.2) is 59.8 Å². The number of aliphatic hydroxyl groups excluding tert-OH is 1. The van der Waals surface area contributed by atoms with E-state index in [0.29, 0.717) is 11.3 Å². The van der Waals surface area contributed by atoms with Crippen molar-refractivity contribution >= 4 is 23.6 Å². The van der Waals surface area contributed by atoms with Gasteiger partial charge >= 0.3 is 5.97 Å². The molecule has 3 heterocycles. The number of thioether (sulfide) groups is 1. The molecule has 3 rings (SSSR count).